The van der Waals surface area contributed by atoms with Gasteiger partial charge in [0.2, 0.25) is 0 Å². The molecular formula is C12H16N2OS. The van der Waals surface area contributed by atoms with E-state index in [1.165, 1.54) is 16.9 Å². The lowest BCUT2D eigenvalue weighted by atomic mass is 10.2. The molecule has 0 fully saturated rings. The second-order valence-corrected chi connectivity index (χ2v) is 4.28. The Kier molecular flexibility index (Phi) is 4.13. The predicted octanol–water partition coefficient (Wildman–Crippen LogP) is 3.13. The Morgan fingerprint density at radius 3 is 3.12 bits per heavy atom. The van der Waals surface area contributed by atoms with Crippen LogP contribution in [0.2, 0.25) is 0 Å². The van der Waals surface area contributed by atoms with Gasteiger partial charge < -0.3 is 10.1 Å². The summed E-state index contributed by atoms with van der Waals surface area (Å²) in [5, 5.41) is 5.77. The van der Waals surface area contributed by atoms with E-state index < -0.39 is 0 Å². The summed E-state index contributed by atoms with van der Waals surface area (Å²) in [7, 11) is 0. The van der Waals surface area contributed by atoms with Gasteiger partial charge in [-0.1, -0.05) is 12.1 Å². The summed E-state index contributed by atoms with van der Waals surface area (Å²) in [6, 6.07) is 8.20. The van der Waals surface area contributed by atoms with Crippen LogP contribution in [-0.2, 0) is 4.74 Å². The summed E-state index contributed by atoms with van der Waals surface area (Å²) in [5.41, 5.74) is 1.07. The fourth-order valence-corrected chi connectivity index (χ4v) is 2.32. The van der Waals surface area contributed by atoms with E-state index in [1.54, 1.807) is 0 Å². The van der Waals surface area contributed by atoms with Crippen molar-refractivity contribution in [2.45, 2.75) is 13.3 Å². The van der Waals surface area contributed by atoms with Crippen LogP contribution in [0.15, 0.2) is 24.3 Å². The number of aromatic nitrogens is 1. The molecule has 1 aromatic carbocycles. The van der Waals surface area contributed by atoms with Gasteiger partial charge in [-0.05, 0) is 37.0 Å². The molecule has 0 radical (unpaired) electrons. The van der Waals surface area contributed by atoms with Gasteiger partial charge in [-0.2, -0.15) is 4.37 Å². The molecule has 2 rings (SSSR count). The number of anilines is 1. The van der Waals surface area contributed by atoms with E-state index in [9.17, 15) is 0 Å². The SMILES string of the molecule is CCOCCCNc1snc2ccccc12. The zero-order valence-corrected chi connectivity index (χ0v) is 10.2. The van der Waals surface area contributed by atoms with Crippen LogP contribution in [0.3, 0.4) is 0 Å². The molecule has 0 unspecified atom stereocenters. The van der Waals surface area contributed by atoms with Gasteiger partial charge in [0, 0.05) is 25.1 Å². The number of hydrogen-bond acceptors (Lipinski definition) is 4. The maximum absolute atomic E-state index is 5.29. The summed E-state index contributed by atoms with van der Waals surface area (Å²) in [5.74, 6) is 0. The highest BCUT2D eigenvalue weighted by atomic mass is 32.1. The third-order valence-electron chi connectivity index (χ3n) is 2.34. The van der Waals surface area contributed by atoms with Crippen LogP contribution in [0.4, 0.5) is 5.00 Å². The first-order chi connectivity index (χ1) is 7.92. The average Bonchev–Trinajstić information content (AvgIpc) is 2.73. The van der Waals surface area contributed by atoms with Crippen molar-refractivity contribution in [1.29, 1.82) is 0 Å². The van der Waals surface area contributed by atoms with Crippen LogP contribution < -0.4 is 5.32 Å². The van der Waals surface area contributed by atoms with E-state index in [2.05, 4.69) is 15.8 Å². The maximum atomic E-state index is 5.29. The van der Waals surface area contributed by atoms with Gasteiger partial charge in [0.05, 0.1) is 5.52 Å². The molecule has 86 valence electrons. The van der Waals surface area contributed by atoms with Crippen molar-refractivity contribution in [3.8, 4) is 0 Å². The highest BCUT2D eigenvalue weighted by molar-refractivity contribution is 7.11. The van der Waals surface area contributed by atoms with E-state index in [1.807, 2.05) is 25.1 Å². The van der Waals surface area contributed by atoms with Crippen LogP contribution >= 0.6 is 11.5 Å². The first-order valence-corrected chi connectivity index (χ1v) is 6.35. The van der Waals surface area contributed by atoms with Gasteiger partial charge in [-0.3, -0.25) is 0 Å². The van der Waals surface area contributed by atoms with Gasteiger partial charge in [0.15, 0.2) is 0 Å². The van der Waals surface area contributed by atoms with Crippen molar-refractivity contribution in [3.05, 3.63) is 24.3 Å². The topological polar surface area (TPSA) is 34.1 Å². The fraction of sp³-hybridized carbons (Fsp3) is 0.417. The van der Waals surface area contributed by atoms with E-state index in [4.69, 9.17) is 4.74 Å². The number of nitrogens with one attached hydrogen (secondary N) is 1. The molecule has 0 aliphatic rings. The Labute approximate surface area is 99.6 Å². The minimum atomic E-state index is 0.795. The van der Waals surface area contributed by atoms with Crippen molar-refractivity contribution in [2.24, 2.45) is 0 Å². The zero-order chi connectivity index (χ0) is 11.2. The third-order valence-corrected chi connectivity index (χ3v) is 3.17. The molecule has 1 heterocycles. The largest absolute Gasteiger partial charge is 0.382 e. The minimum Gasteiger partial charge on any atom is -0.382 e. The third kappa shape index (κ3) is 2.71. The number of ether oxygens (including phenoxy) is 1. The molecule has 0 saturated carbocycles. The second-order valence-electron chi connectivity index (χ2n) is 3.51. The molecule has 0 aliphatic carbocycles. The first kappa shape index (κ1) is 11.4. The zero-order valence-electron chi connectivity index (χ0n) is 9.40. The van der Waals surface area contributed by atoms with E-state index >= 15 is 0 Å². The van der Waals surface area contributed by atoms with Crippen LogP contribution in [-0.4, -0.2) is 24.1 Å². The summed E-state index contributed by atoms with van der Waals surface area (Å²) in [6.45, 7) is 4.57. The smallest absolute Gasteiger partial charge is 0.117 e. The normalized spacial score (nSPS) is 10.8. The fourth-order valence-electron chi connectivity index (χ4n) is 1.54. The van der Waals surface area contributed by atoms with Gasteiger partial charge in [0.25, 0.3) is 0 Å². The quantitative estimate of drug-likeness (QED) is 0.782. The highest BCUT2D eigenvalue weighted by Crippen LogP contribution is 2.26. The Hall–Kier alpha value is -1.13. The minimum absolute atomic E-state index is 0.795. The van der Waals surface area contributed by atoms with Crippen molar-refractivity contribution in [3.63, 3.8) is 0 Å². The first-order valence-electron chi connectivity index (χ1n) is 5.58. The van der Waals surface area contributed by atoms with Gasteiger partial charge >= 0.3 is 0 Å². The van der Waals surface area contributed by atoms with Crippen LogP contribution in [0.5, 0.6) is 0 Å². The molecule has 4 heteroatoms. The predicted molar refractivity (Wildman–Crippen MR) is 69.2 cm³/mol. The van der Waals surface area contributed by atoms with E-state index in [-0.39, 0.29) is 0 Å². The summed E-state index contributed by atoms with van der Waals surface area (Å²) >= 11 is 1.52. The molecule has 1 aromatic heterocycles. The maximum Gasteiger partial charge on any atom is 0.117 e. The number of hydrogen-bond donors (Lipinski definition) is 1. The molecule has 2 aromatic rings. The standard InChI is InChI=1S/C12H16N2OS/c1-2-15-9-5-8-13-12-10-6-3-4-7-11(10)14-16-12/h3-4,6-7,13H,2,5,8-9H2,1H3. The Bertz CT molecular complexity index is 441. The number of fused-ring (bicyclic) bond motifs is 1. The Balaban J connectivity index is 1.89. The number of benzene rings is 1. The highest BCUT2D eigenvalue weighted by Gasteiger charge is 2.03. The molecule has 0 bridgehead atoms. The van der Waals surface area contributed by atoms with E-state index in [0.29, 0.717) is 0 Å². The average molecular weight is 236 g/mol. The van der Waals surface area contributed by atoms with Gasteiger partial charge in [0.1, 0.15) is 5.00 Å². The van der Waals surface area contributed by atoms with Crippen molar-refractivity contribution in [2.75, 3.05) is 25.1 Å². The molecule has 0 saturated heterocycles. The summed E-state index contributed by atoms with van der Waals surface area (Å²) in [4.78, 5) is 0. The summed E-state index contributed by atoms with van der Waals surface area (Å²) < 4.78 is 9.67. The second kappa shape index (κ2) is 5.82. The Morgan fingerprint density at radius 2 is 2.25 bits per heavy atom. The van der Waals surface area contributed by atoms with Crippen molar-refractivity contribution >= 4 is 27.4 Å². The Morgan fingerprint density at radius 1 is 1.38 bits per heavy atom. The molecule has 0 aliphatic heterocycles. The summed E-state index contributed by atoms with van der Waals surface area (Å²) in [6.07, 6.45) is 1.03. The van der Waals surface area contributed by atoms with E-state index in [0.717, 1.165) is 36.7 Å². The lowest BCUT2D eigenvalue weighted by Gasteiger charge is -2.03. The van der Waals surface area contributed by atoms with Gasteiger partial charge in [-0.25, -0.2) is 0 Å². The van der Waals surface area contributed by atoms with Crippen LogP contribution in [0, 0.1) is 0 Å². The molecule has 1 N–H and O–H groups in total. The van der Waals surface area contributed by atoms with Crippen molar-refractivity contribution < 1.29 is 4.74 Å². The monoisotopic (exact) mass is 236 g/mol. The molecule has 3 nitrogen and oxygen atoms in total. The lowest BCUT2D eigenvalue weighted by molar-refractivity contribution is 0.147. The lowest BCUT2D eigenvalue weighted by Crippen LogP contribution is -2.04. The van der Waals surface area contributed by atoms with Crippen LogP contribution in [0.25, 0.3) is 10.9 Å². The molecular weight excluding hydrogens is 220 g/mol. The number of nitrogens with zero attached hydrogens (tertiary/aromatic N) is 1. The molecule has 0 atom stereocenters. The van der Waals surface area contributed by atoms with Crippen molar-refractivity contribution in [1.82, 2.24) is 4.37 Å². The molecule has 16 heavy (non-hydrogen) atoms. The van der Waals surface area contributed by atoms with Gasteiger partial charge in [-0.15, -0.1) is 0 Å². The molecule has 0 spiro atoms. The number of rotatable bonds is 6. The van der Waals surface area contributed by atoms with Crippen LogP contribution in [0.1, 0.15) is 13.3 Å². The molecule has 0 amide bonds.